The molecule has 3 heterocycles. The van der Waals surface area contributed by atoms with Crippen LogP contribution in [0.15, 0.2) is 29.3 Å². The molecule has 0 aliphatic carbocycles. The fourth-order valence-corrected chi connectivity index (χ4v) is 1.65. The minimum Gasteiger partial charge on any atom is -0.451 e. The summed E-state index contributed by atoms with van der Waals surface area (Å²) in [4.78, 5) is 11.0. The molecule has 0 aromatic carbocycles. The molecule has 0 unspecified atom stereocenters. The van der Waals surface area contributed by atoms with Gasteiger partial charge in [0.1, 0.15) is 19.1 Å². The molecule has 10 nitrogen and oxygen atoms in total. The van der Waals surface area contributed by atoms with Gasteiger partial charge in [0.2, 0.25) is 0 Å². The van der Waals surface area contributed by atoms with Gasteiger partial charge in [0.05, 0.1) is 5.10 Å². The van der Waals surface area contributed by atoms with Crippen molar-refractivity contribution in [2.45, 2.75) is 19.3 Å². The van der Waals surface area contributed by atoms with Crippen LogP contribution in [0, 0.1) is 10.1 Å². The molecule has 3 rings (SSSR count). The molecule has 0 spiro atoms. The Kier molecular flexibility index (Phi) is 2.63. The van der Waals surface area contributed by atoms with Gasteiger partial charge in [-0.2, -0.15) is 0 Å². The van der Waals surface area contributed by atoms with Gasteiger partial charge in [-0.25, -0.2) is 0 Å². The molecule has 0 saturated heterocycles. The van der Waals surface area contributed by atoms with Gasteiger partial charge >= 0.3 is 5.82 Å². The molecule has 10 heteroatoms. The average molecular weight is 279 g/mol. The Morgan fingerprint density at radius 1 is 1.45 bits per heavy atom. The van der Waals surface area contributed by atoms with E-state index >= 15 is 0 Å². The zero-order valence-corrected chi connectivity index (χ0v) is 10.3. The number of nitrogens with zero attached hydrogens (tertiary/aromatic N) is 5. The van der Waals surface area contributed by atoms with Crippen molar-refractivity contribution in [3.05, 3.63) is 46.4 Å². The maximum Gasteiger partial charge on any atom is 0.410 e. The number of nitro groups is 1. The Bertz CT molecular complexity index is 667. The van der Waals surface area contributed by atoms with Crippen molar-refractivity contribution in [2.75, 3.05) is 0 Å². The summed E-state index contributed by atoms with van der Waals surface area (Å²) in [6.07, 6.45) is 3.88. The normalized spacial score (nSPS) is 15.8. The highest BCUT2D eigenvalue weighted by molar-refractivity contribution is 5.13. The SMILES string of the molecule is CC1(c2cc(Cn3ncc([N+](=O)[O-])n3)on2)OC=CO1. The molecule has 0 amide bonds. The first-order chi connectivity index (χ1) is 9.57. The molecular weight excluding hydrogens is 270 g/mol. The summed E-state index contributed by atoms with van der Waals surface area (Å²) in [5.41, 5.74) is 0.444. The lowest BCUT2D eigenvalue weighted by Crippen LogP contribution is -2.22. The van der Waals surface area contributed by atoms with Crippen LogP contribution in [-0.4, -0.2) is 25.1 Å². The first kappa shape index (κ1) is 12.1. The van der Waals surface area contributed by atoms with Crippen molar-refractivity contribution in [1.82, 2.24) is 20.2 Å². The van der Waals surface area contributed by atoms with Crippen LogP contribution in [0.2, 0.25) is 0 Å². The van der Waals surface area contributed by atoms with Crippen LogP contribution in [0.5, 0.6) is 0 Å². The second-order valence-corrected chi connectivity index (χ2v) is 4.12. The van der Waals surface area contributed by atoms with Gasteiger partial charge in [-0.15, -0.1) is 5.10 Å². The molecular formula is C10H9N5O5. The van der Waals surface area contributed by atoms with Crippen molar-refractivity contribution < 1.29 is 18.9 Å². The summed E-state index contributed by atoms with van der Waals surface area (Å²) in [5.74, 6) is -0.931. The average Bonchev–Trinajstić information content (AvgIpc) is 3.10. The molecule has 1 aliphatic heterocycles. The molecule has 0 bridgehead atoms. The van der Waals surface area contributed by atoms with E-state index in [9.17, 15) is 10.1 Å². The van der Waals surface area contributed by atoms with E-state index in [-0.39, 0.29) is 12.4 Å². The Hall–Kier alpha value is -2.91. The van der Waals surface area contributed by atoms with E-state index in [1.165, 1.54) is 12.5 Å². The van der Waals surface area contributed by atoms with Gasteiger partial charge < -0.3 is 24.1 Å². The van der Waals surface area contributed by atoms with E-state index in [0.717, 1.165) is 11.0 Å². The second-order valence-electron chi connectivity index (χ2n) is 4.12. The fraction of sp³-hybridized carbons (Fsp3) is 0.300. The molecule has 104 valence electrons. The monoisotopic (exact) mass is 279 g/mol. The van der Waals surface area contributed by atoms with Crippen molar-refractivity contribution in [3.8, 4) is 0 Å². The maximum absolute atomic E-state index is 10.5. The molecule has 0 fully saturated rings. The van der Waals surface area contributed by atoms with Crippen LogP contribution < -0.4 is 0 Å². The third-order valence-electron chi connectivity index (χ3n) is 2.67. The van der Waals surface area contributed by atoms with Gasteiger partial charge in [0, 0.05) is 13.0 Å². The number of aromatic nitrogens is 4. The Morgan fingerprint density at radius 3 is 2.85 bits per heavy atom. The number of hydrogen-bond acceptors (Lipinski definition) is 8. The van der Waals surface area contributed by atoms with Gasteiger partial charge in [0.15, 0.2) is 17.7 Å². The highest BCUT2D eigenvalue weighted by Crippen LogP contribution is 2.30. The van der Waals surface area contributed by atoms with Crippen molar-refractivity contribution in [1.29, 1.82) is 0 Å². The predicted molar refractivity (Wildman–Crippen MR) is 60.9 cm³/mol. The van der Waals surface area contributed by atoms with Crippen LogP contribution in [0.4, 0.5) is 5.82 Å². The van der Waals surface area contributed by atoms with Crippen LogP contribution in [-0.2, 0) is 21.8 Å². The van der Waals surface area contributed by atoms with Crippen molar-refractivity contribution in [2.24, 2.45) is 0 Å². The predicted octanol–water partition coefficient (Wildman–Crippen LogP) is 0.913. The summed E-state index contributed by atoms with van der Waals surface area (Å²) in [7, 11) is 0. The lowest BCUT2D eigenvalue weighted by Gasteiger charge is -2.19. The van der Waals surface area contributed by atoms with Gasteiger partial charge in [-0.1, -0.05) is 9.95 Å². The smallest absolute Gasteiger partial charge is 0.410 e. The molecule has 2 aromatic rings. The molecule has 2 aromatic heterocycles. The van der Waals surface area contributed by atoms with Crippen LogP contribution in [0.3, 0.4) is 0 Å². The van der Waals surface area contributed by atoms with Crippen LogP contribution >= 0.6 is 0 Å². The first-order valence-corrected chi connectivity index (χ1v) is 5.58. The molecule has 0 atom stereocenters. The number of ether oxygens (including phenoxy) is 2. The van der Waals surface area contributed by atoms with Crippen molar-refractivity contribution in [3.63, 3.8) is 0 Å². The maximum atomic E-state index is 10.5. The third-order valence-corrected chi connectivity index (χ3v) is 2.67. The first-order valence-electron chi connectivity index (χ1n) is 5.58. The fourth-order valence-electron chi connectivity index (χ4n) is 1.65. The Labute approximate surface area is 111 Å². The van der Waals surface area contributed by atoms with E-state index in [1.807, 2.05) is 0 Å². The zero-order chi connectivity index (χ0) is 14.2. The lowest BCUT2D eigenvalue weighted by atomic mass is 10.2. The van der Waals surface area contributed by atoms with Crippen LogP contribution in [0.25, 0.3) is 0 Å². The summed E-state index contributed by atoms with van der Waals surface area (Å²) < 4.78 is 15.7. The van der Waals surface area contributed by atoms with E-state index in [0.29, 0.717) is 11.5 Å². The second kappa shape index (κ2) is 4.33. The highest BCUT2D eigenvalue weighted by atomic mass is 16.7. The zero-order valence-electron chi connectivity index (χ0n) is 10.3. The third kappa shape index (κ3) is 2.06. The number of hydrogen-bond donors (Lipinski definition) is 0. The molecule has 20 heavy (non-hydrogen) atoms. The van der Waals surface area contributed by atoms with E-state index in [4.69, 9.17) is 14.0 Å². The lowest BCUT2D eigenvalue weighted by molar-refractivity contribution is -0.389. The minimum absolute atomic E-state index is 0.115. The van der Waals surface area contributed by atoms with Gasteiger partial charge in [0.25, 0.3) is 5.79 Å². The Morgan fingerprint density at radius 2 is 2.20 bits per heavy atom. The highest BCUT2D eigenvalue weighted by Gasteiger charge is 2.36. The van der Waals surface area contributed by atoms with Gasteiger partial charge in [-0.05, 0) is 4.92 Å². The van der Waals surface area contributed by atoms with E-state index < -0.39 is 10.7 Å². The van der Waals surface area contributed by atoms with Gasteiger partial charge in [-0.3, -0.25) is 0 Å². The molecule has 0 saturated carbocycles. The molecule has 0 radical (unpaired) electrons. The topological polar surface area (TPSA) is 118 Å². The summed E-state index contributed by atoms with van der Waals surface area (Å²) >= 11 is 0. The Balaban J connectivity index is 1.75. The summed E-state index contributed by atoms with van der Waals surface area (Å²) in [6, 6.07) is 1.61. The molecule has 0 N–H and O–H groups in total. The van der Waals surface area contributed by atoms with Crippen LogP contribution in [0.1, 0.15) is 18.4 Å². The largest absolute Gasteiger partial charge is 0.451 e. The standard InChI is InChI=1S/C10H9N5O5/c1-10(18-2-3-19-10)8-4-7(20-13-8)6-14-11-5-9(12-14)15(16)17/h2-5H,6H2,1H3. The van der Waals surface area contributed by atoms with E-state index in [2.05, 4.69) is 15.4 Å². The molecule has 1 aliphatic rings. The number of rotatable bonds is 4. The minimum atomic E-state index is -1.02. The van der Waals surface area contributed by atoms with Crippen molar-refractivity contribution >= 4 is 5.82 Å². The summed E-state index contributed by atoms with van der Waals surface area (Å²) in [5, 5.41) is 21.8. The van der Waals surface area contributed by atoms with E-state index in [1.54, 1.807) is 13.0 Å². The summed E-state index contributed by atoms with van der Waals surface area (Å²) in [6.45, 7) is 1.80. The quantitative estimate of drug-likeness (QED) is 0.598.